The first-order chi connectivity index (χ1) is 18.4. The number of esters is 2. The molecule has 2 aromatic heterocycles. The summed E-state index contributed by atoms with van der Waals surface area (Å²) in [4.78, 5) is 34.5. The number of anilines is 1. The summed E-state index contributed by atoms with van der Waals surface area (Å²) in [6, 6.07) is 19.2. The van der Waals surface area contributed by atoms with Crippen molar-refractivity contribution in [2.45, 2.75) is 13.8 Å². The summed E-state index contributed by atoms with van der Waals surface area (Å²) in [5.74, 6) is -1.45. The molecule has 0 spiro atoms. The first kappa shape index (κ1) is 25.6. The topological polar surface area (TPSA) is 161 Å². The first-order valence-corrected chi connectivity index (χ1v) is 11.6. The van der Waals surface area contributed by atoms with Crippen molar-refractivity contribution >= 4 is 28.7 Å². The van der Waals surface area contributed by atoms with Crippen LogP contribution in [0.1, 0.15) is 45.8 Å². The molecule has 188 valence electrons. The van der Waals surface area contributed by atoms with Crippen molar-refractivity contribution in [2.75, 3.05) is 18.9 Å². The molecule has 2 N–H and O–H groups in total. The van der Waals surface area contributed by atoms with Gasteiger partial charge in [-0.25, -0.2) is 14.6 Å². The number of carbonyl (C=O) groups excluding carboxylic acids is 2. The number of carbonyl (C=O) groups is 2. The van der Waals surface area contributed by atoms with E-state index in [0.29, 0.717) is 16.9 Å². The zero-order chi connectivity index (χ0) is 27.2. The van der Waals surface area contributed by atoms with Crippen LogP contribution in [-0.2, 0) is 9.47 Å². The molecule has 0 atom stereocenters. The van der Waals surface area contributed by atoms with E-state index in [1.807, 2.05) is 6.07 Å². The van der Waals surface area contributed by atoms with Crippen LogP contribution in [0.15, 0.2) is 54.6 Å². The van der Waals surface area contributed by atoms with Gasteiger partial charge in [0.05, 0.1) is 35.9 Å². The monoisotopic (exact) mass is 507 g/mol. The third-order valence-electron chi connectivity index (χ3n) is 5.46. The number of benzene rings is 2. The number of nitriles is 2. The molecule has 38 heavy (non-hydrogen) atoms. The van der Waals surface area contributed by atoms with Crippen LogP contribution in [0.2, 0.25) is 0 Å². The second-order valence-corrected chi connectivity index (χ2v) is 7.77. The van der Waals surface area contributed by atoms with E-state index < -0.39 is 11.9 Å². The van der Waals surface area contributed by atoms with E-state index in [1.54, 1.807) is 68.4 Å². The number of pyridine rings is 2. The van der Waals surface area contributed by atoms with Crippen molar-refractivity contribution in [1.82, 2.24) is 9.97 Å². The molecule has 0 bridgehead atoms. The summed E-state index contributed by atoms with van der Waals surface area (Å²) in [6.07, 6.45) is 0. The van der Waals surface area contributed by atoms with Crippen LogP contribution in [0.5, 0.6) is 11.6 Å². The Morgan fingerprint density at radius 1 is 0.895 bits per heavy atom. The average molecular weight is 508 g/mol. The third-order valence-corrected chi connectivity index (χ3v) is 5.46. The van der Waals surface area contributed by atoms with Crippen molar-refractivity contribution in [1.29, 1.82) is 10.5 Å². The van der Waals surface area contributed by atoms with Crippen LogP contribution < -0.4 is 10.5 Å². The zero-order valence-corrected chi connectivity index (χ0v) is 20.5. The number of hydrogen-bond donors (Lipinski definition) is 1. The van der Waals surface area contributed by atoms with Gasteiger partial charge in [0.1, 0.15) is 22.9 Å². The molecule has 2 heterocycles. The summed E-state index contributed by atoms with van der Waals surface area (Å²) >= 11 is 0. The molecule has 0 fully saturated rings. The molecule has 0 saturated heterocycles. The Hall–Kier alpha value is -5.48. The maximum atomic E-state index is 12.9. The lowest BCUT2D eigenvalue weighted by molar-refractivity contribution is 0.0475. The van der Waals surface area contributed by atoms with Gasteiger partial charge in [-0.1, -0.05) is 30.3 Å². The molecule has 0 saturated carbocycles. The summed E-state index contributed by atoms with van der Waals surface area (Å²) in [5, 5.41) is 19.6. The highest BCUT2D eigenvalue weighted by atomic mass is 16.5. The molecular weight excluding hydrogens is 486 g/mol. The summed E-state index contributed by atoms with van der Waals surface area (Å²) in [6.45, 7) is 3.27. The van der Waals surface area contributed by atoms with Gasteiger partial charge in [0, 0.05) is 5.56 Å². The Bertz CT molecular complexity index is 1620. The fraction of sp³-hybridized carbons (Fsp3) is 0.143. The maximum absolute atomic E-state index is 12.9. The van der Waals surface area contributed by atoms with Crippen molar-refractivity contribution < 1.29 is 23.8 Å². The van der Waals surface area contributed by atoms with E-state index in [4.69, 9.17) is 19.9 Å². The lowest BCUT2D eigenvalue weighted by Gasteiger charge is -2.18. The number of ether oxygens (including phenoxy) is 3. The van der Waals surface area contributed by atoms with Gasteiger partial charge < -0.3 is 19.9 Å². The number of aromatic nitrogens is 2. The number of nitrogens with two attached hydrogens (primary N) is 1. The molecule has 0 unspecified atom stereocenters. The van der Waals surface area contributed by atoms with Crippen molar-refractivity contribution in [3.8, 4) is 34.9 Å². The maximum Gasteiger partial charge on any atom is 0.357 e. The van der Waals surface area contributed by atoms with Gasteiger partial charge in [0.25, 0.3) is 0 Å². The summed E-state index contributed by atoms with van der Waals surface area (Å²) < 4.78 is 16.2. The van der Waals surface area contributed by atoms with Gasteiger partial charge in [0.15, 0.2) is 11.3 Å². The van der Waals surface area contributed by atoms with Crippen LogP contribution in [0.25, 0.3) is 22.2 Å². The van der Waals surface area contributed by atoms with Gasteiger partial charge in [-0.3, -0.25) is 0 Å². The normalized spacial score (nSPS) is 10.3. The second-order valence-electron chi connectivity index (χ2n) is 7.77. The quantitative estimate of drug-likeness (QED) is 0.345. The number of nitrogens with zero attached hydrogens (tertiary/aromatic N) is 4. The third kappa shape index (κ3) is 4.79. The molecule has 2 aromatic carbocycles. The van der Waals surface area contributed by atoms with E-state index in [2.05, 4.69) is 16.0 Å². The van der Waals surface area contributed by atoms with Gasteiger partial charge in [-0.05, 0) is 43.7 Å². The van der Waals surface area contributed by atoms with E-state index in [0.717, 1.165) is 0 Å². The summed E-state index contributed by atoms with van der Waals surface area (Å²) in [5.41, 5.74) is 6.79. The van der Waals surface area contributed by atoms with E-state index in [9.17, 15) is 20.1 Å². The van der Waals surface area contributed by atoms with Crippen LogP contribution >= 0.6 is 0 Å². The fourth-order valence-electron chi connectivity index (χ4n) is 3.84. The zero-order valence-electron chi connectivity index (χ0n) is 20.5. The minimum Gasteiger partial charge on any atom is -0.462 e. The van der Waals surface area contributed by atoms with Crippen LogP contribution in [0, 0.1) is 22.7 Å². The summed E-state index contributed by atoms with van der Waals surface area (Å²) in [7, 11) is 0. The molecule has 10 nitrogen and oxygen atoms in total. The predicted molar refractivity (Wildman–Crippen MR) is 137 cm³/mol. The lowest BCUT2D eigenvalue weighted by Crippen LogP contribution is -2.19. The van der Waals surface area contributed by atoms with Crippen LogP contribution in [0.3, 0.4) is 0 Å². The highest BCUT2D eigenvalue weighted by Crippen LogP contribution is 2.41. The first-order valence-electron chi connectivity index (χ1n) is 11.6. The number of rotatable bonds is 7. The van der Waals surface area contributed by atoms with Crippen molar-refractivity contribution in [2.24, 2.45) is 0 Å². The van der Waals surface area contributed by atoms with Crippen molar-refractivity contribution in [3.63, 3.8) is 0 Å². The van der Waals surface area contributed by atoms with Gasteiger partial charge in [-0.15, -0.1) is 0 Å². The Morgan fingerprint density at radius 2 is 1.55 bits per heavy atom. The van der Waals surface area contributed by atoms with E-state index in [-0.39, 0.29) is 58.2 Å². The molecule has 0 radical (unpaired) electrons. The van der Waals surface area contributed by atoms with Gasteiger partial charge in [0.2, 0.25) is 5.88 Å². The SMILES string of the molecule is CCOC(=O)c1nc2nc(Oc3ccccc3)c(C#N)c(-c3ccc(C#N)cc3)c2c(N)c1C(=O)OCC. The average Bonchev–Trinajstić information content (AvgIpc) is 2.93. The smallest absolute Gasteiger partial charge is 0.357 e. The molecule has 0 aliphatic rings. The second kappa shape index (κ2) is 11.1. The number of nitrogen functional groups attached to an aromatic ring is 1. The molecule has 0 aliphatic heterocycles. The number of para-hydroxylation sites is 1. The van der Waals surface area contributed by atoms with Crippen LogP contribution in [0.4, 0.5) is 5.69 Å². The molecule has 0 amide bonds. The number of hydrogen-bond acceptors (Lipinski definition) is 10. The van der Waals surface area contributed by atoms with Crippen molar-refractivity contribution in [3.05, 3.63) is 77.0 Å². The number of fused-ring (bicyclic) bond motifs is 1. The molecule has 4 aromatic rings. The molecule has 4 rings (SSSR count). The lowest BCUT2D eigenvalue weighted by atomic mass is 9.94. The van der Waals surface area contributed by atoms with E-state index in [1.165, 1.54) is 0 Å². The van der Waals surface area contributed by atoms with E-state index >= 15 is 0 Å². The standard InChI is InChI=1S/C28H21N5O5/c1-3-36-27(34)22-23(31)21-20(17-12-10-16(14-29)11-13-17)19(15-30)26(38-18-8-6-5-7-9-18)33-25(21)32-24(22)28(35)37-4-2/h5-13H,3-4H2,1-2H3,(H2,31,32,33). The minimum atomic E-state index is -0.888. The Labute approximate surface area is 217 Å². The largest absolute Gasteiger partial charge is 0.462 e. The molecule has 0 aliphatic carbocycles. The Morgan fingerprint density at radius 3 is 2.16 bits per heavy atom. The predicted octanol–water partition coefficient (Wildman–Crippen LogP) is 4.77. The highest BCUT2D eigenvalue weighted by Gasteiger charge is 2.30. The Kier molecular flexibility index (Phi) is 7.45. The molecule has 10 heteroatoms. The fourth-order valence-corrected chi connectivity index (χ4v) is 3.84. The minimum absolute atomic E-state index is 0.0123. The molecular formula is C28H21N5O5. The Balaban J connectivity index is 2.13. The van der Waals surface area contributed by atoms with Crippen LogP contribution in [-0.4, -0.2) is 35.1 Å². The van der Waals surface area contributed by atoms with Gasteiger partial charge >= 0.3 is 11.9 Å². The highest BCUT2D eigenvalue weighted by molar-refractivity contribution is 6.15. The van der Waals surface area contributed by atoms with Gasteiger partial charge in [-0.2, -0.15) is 15.5 Å².